The van der Waals surface area contributed by atoms with Crippen molar-refractivity contribution in [3.05, 3.63) is 76.5 Å². The predicted octanol–water partition coefficient (Wildman–Crippen LogP) is 4.46. The summed E-state index contributed by atoms with van der Waals surface area (Å²) >= 11 is 3.39. The van der Waals surface area contributed by atoms with Crippen LogP contribution in [0.15, 0.2) is 65.4 Å². The number of anilines is 1. The van der Waals surface area contributed by atoms with E-state index in [9.17, 15) is 0 Å². The summed E-state index contributed by atoms with van der Waals surface area (Å²) in [4.78, 5) is 11.0. The lowest BCUT2D eigenvalue weighted by Crippen LogP contribution is -2.24. The molecule has 0 aliphatic rings. The molecular weight excluding hydrogens is 394 g/mol. The van der Waals surface area contributed by atoms with Crippen LogP contribution in [0.5, 0.6) is 11.5 Å². The van der Waals surface area contributed by atoms with Gasteiger partial charge in [-0.05, 0) is 51.3 Å². The van der Waals surface area contributed by atoms with Gasteiger partial charge in [0, 0.05) is 25.5 Å². The Balaban J connectivity index is 1.83. The number of methoxy groups -OCH3 is 2. The average molecular weight is 414 g/mol. The summed E-state index contributed by atoms with van der Waals surface area (Å²) in [5.74, 6) is 2.37. The lowest BCUT2D eigenvalue weighted by Gasteiger charge is -2.23. The number of nitrogens with zero attached hydrogens (tertiary/aromatic N) is 3. The Morgan fingerprint density at radius 3 is 1.58 bits per heavy atom. The standard InChI is InChI=1S/C20H20BrN3O2/c1-25-18-7-3-15(4-8-18)13-24(20-22-11-17(21)12-23-20)14-16-5-9-19(26-2)10-6-16/h3-12H,13-14H2,1-2H3. The summed E-state index contributed by atoms with van der Waals surface area (Å²) in [6.45, 7) is 1.38. The van der Waals surface area contributed by atoms with Crippen LogP contribution in [0.1, 0.15) is 11.1 Å². The summed E-state index contributed by atoms with van der Waals surface area (Å²) in [6, 6.07) is 16.1. The first-order chi connectivity index (χ1) is 12.7. The van der Waals surface area contributed by atoms with Gasteiger partial charge in [-0.15, -0.1) is 0 Å². The number of aromatic nitrogens is 2. The highest BCUT2D eigenvalue weighted by Crippen LogP contribution is 2.20. The first-order valence-electron chi connectivity index (χ1n) is 8.16. The van der Waals surface area contributed by atoms with E-state index in [4.69, 9.17) is 9.47 Å². The van der Waals surface area contributed by atoms with Crippen LogP contribution in [0, 0.1) is 0 Å². The van der Waals surface area contributed by atoms with Crippen molar-refractivity contribution in [3.63, 3.8) is 0 Å². The molecule has 0 amide bonds. The number of ether oxygens (including phenoxy) is 2. The molecule has 0 unspecified atom stereocenters. The van der Waals surface area contributed by atoms with Crippen LogP contribution in [0.4, 0.5) is 5.95 Å². The van der Waals surface area contributed by atoms with Gasteiger partial charge in [0.05, 0.1) is 18.7 Å². The van der Waals surface area contributed by atoms with Gasteiger partial charge in [0.15, 0.2) is 0 Å². The SMILES string of the molecule is COc1ccc(CN(Cc2ccc(OC)cc2)c2ncc(Br)cn2)cc1. The minimum absolute atomic E-state index is 0.680. The molecule has 134 valence electrons. The van der Waals surface area contributed by atoms with Crippen LogP contribution >= 0.6 is 15.9 Å². The predicted molar refractivity (Wildman–Crippen MR) is 106 cm³/mol. The van der Waals surface area contributed by atoms with Crippen LogP contribution in [0.25, 0.3) is 0 Å². The average Bonchev–Trinajstić information content (AvgIpc) is 2.69. The van der Waals surface area contributed by atoms with Crippen molar-refractivity contribution in [2.75, 3.05) is 19.1 Å². The van der Waals surface area contributed by atoms with E-state index < -0.39 is 0 Å². The number of halogens is 1. The Bertz CT molecular complexity index is 772. The third-order valence-electron chi connectivity index (χ3n) is 3.95. The highest BCUT2D eigenvalue weighted by Gasteiger charge is 2.12. The molecule has 0 atom stereocenters. The molecule has 0 spiro atoms. The fourth-order valence-electron chi connectivity index (χ4n) is 2.57. The van der Waals surface area contributed by atoms with E-state index >= 15 is 0 Å². The number of hydrogen-bond acceptors (Lipinski definition) is 5. The van der Waals surface area contributed by atoms with Crippen molar-refractivity contribution in [2.24, 2.45) is 0 Å². The molecule has 0 saturated heterocycles. The topological polar surface area (TPSA) is 47.5 Å². The molecular formula is C20H20BrN3O2. The van der Waals surface area contributed by atoms with E-state index in [0.717, 1.165) is 27.1 Å². The second-order valence-corrected chi connectivity index (χ2v) is 6.67. The molecule has 0 fully saturated rings. The molecule has 1 aromatic heterocycles. The molecule has 0 radical (unpaired) electrons. The van der Waals surface area contributed by atoms with Crippen molar-refractivity contribution in [3.8, 4) is 11.5 Å². The fourth-order valence-corrected chi connectivity index (χ4v) is 2.77. The van der Waals surface area contributed by atoms with Crippen LogP contribution < -0.4 is 14.4 Å². The number of hydrogen-bond donors (Lipinski definition) is 0. The molecule has 6 heteroatoms. The Morgan fingerprint density at radius 1 is 0.769 bits per heavy atom. The maximum absolute atomic E-state index is 5.23. The van der Waals surface area contributed by atoms with E-state index in [-0.39, 0.29) is 0 Å². The summed E-state index contributed by atoms with van der Waals surface area (Å²) in [7, 11) is 3.33. The normalized spacial score (nSPS) is 10.4. The van der Waals surface area contributed by atoms with Gasteiger partial charge in [-0.25, -0.2) is 9.97 Å². The van der Waals surface area contributed by atoms with Crippen molar-refractivity contribution < 1.29 is 9.47 Å². The van der Waals surface area contributed by atoms with Gasteiger partial charge in [0.1, 0.15) is 11.5 Å². The lowest BCUT2D eigenvalue weighted by molar-refractivity contribution is 0.414. The smallest absolute Gasteiger partial charge is 0.225 e. The van der Waals surface area contributed by atoms with Gasteiger partial charge in [-0.2, -0.15) is 0 Å². The minimum Gasteiger partial charge on any atom is -0.497 e. The molecule has 0 aliphatic heterocycles. The zero-order valence-corrected chi connectivity index (χ0v) is 16.3. The Hall–Kier alpha value is -2.60. The Kier molecular flexibility index (Phi) is 6.07. The van der Waals surface area contributed by atoms with Gasteiger partial charge >= 0.3 is 0 Å². The monoisotopic (exact) mass is 413 g/mol. The van der Waals surface area contributed by atoms with Crippen molar-refractivity contribution in [1.29, 1.82) is 0 Å². The van der Waals surface area contributed by atoms with Crippen molar-refractivity contribution >= 4 is 21.9 Å². The third kappa shape index (κ3) is 4.73. The molecule has 1 heterocycles. The zero-order chi connectivity index (χ0) is 18.4. The van der Waals surface area contributed by atoms with Gasteiger partial charge in [-0.3, -0.25) is 0 Å². The maximum Gasteiger partial charge on any atom is 0.225 e. The molecule has 0 saturated carbocycles. The second kappa shape index (κ2) is 8.67. The number of benzene rings is 2. The second-order valence-electron chi connectivity index (χ2n) is 5.75. The van der Waals surface area contributed by atoms with Gasteiger partial charge in [0.2, 0.25) is 5.95 Å². The van der Waals surface area contributed by atoms with Crippen LogP contribution in [-0.4, -0.2) is 24.2 Å². The molecule has 3 rings (SSSR count). The molecule has 0 N–H and O–H groups in total. The van der Waals surface area contributed by atoms with Crippen LogP contribution in [-0.2, 0) is 13.1 Å². The lowest BCUT2D eigenvalue weighted by atomic mass is 10.1. The first-order valence-corrected chi connectivity index (χ1v) is 8.95. The van der Waals surface area contributed by atoms with Crippen molar-refractivity contribution in [1.82, 2.24) is 9.97 Å². The van der Waals surface area contributed by atoms with Crippen LogP contribution in [0.3, 0.4) is 0 Å². The minimum atomic E-state index is 0.680. The third-order valence-corrected chi connectivity index (χ3v) is 4.36. The molecule has 2 aromatic carbocycles. The van der Waals surface area contributed by atoms with Crippen molar-refractivity contribution in [2.45, 2.75) is 13.1 Å². The van der Waals surface area contributed by atoms with Gasteiger partial charge < -0.3 is 14.4 Å². The van der Waals surface area contributed by atoms with Gasteiger partial charge in [-0.1, -0.05) is 24.3 Å². The highest BCUT2D eigenvalue weighted by molar-refractivity contribution is 9.10. The largest absolute Gasteiger partial charge is 0.497 e. The first kappa shape index (κ1) is 18.2. The van der Waals surface area contributed by atoms with E-state index in [2.05, 4.69) is 55.1 Å². The highest BCUT2D eigenvalue weighted by atomic mass is 79.9. The van der Waals surface area contributed by atoms with E-state index in [1.165, 1.54) is 0 Å². The molecule has 5 nitrogen and oxygen atoms in total. The van der Waals surface area contributed by atoms with Gasteiger partial charge in [0.25, 0.3) is 0 Å². The van der Waals surface area contributed by atoms with Crippen LogP contribution in [0.2, 0.25) is 0 Å². The quantitative estimate of drug-likeness (QED) is 0.571. The van der Waals surface area contributed by atoms with E-state index in [1.807, 2.05) is 24.3 Å². The molecule has 26 heavy (non-hydrogen) atoms. The maximum atomic E-state index is 5.23. The zero-order valence-electron chi connectivity index (χ0n) is 14.7. The van der Waals surface area contributed by atoms with E-state index in [0.29, 0.717) is 19.0 Å². The Morgan fingerprint density at radius 2 is 1.19 bits per heavy atom. The number of rotatable bonds is 7. The summed E-state index contributed by atoms with van der Waals surface area (Å²) in [6.07, 6.45) is 3.52. The summed E-state index contributed by atoms with van der Waals surface area (Å²) in [5.41, 5.74) is 2.32. The fraction of sp³-hybridized carbons (Fsp3) is 0.200. The van der Waals surface area contributed by atoms with E-state index in [1.54, 1.807) is 26.6 Å². The molecule has 0 aliphatic carbocycles. The molecule has 3 aromatic rings. The summed E-state index contributed by atoms with van der Waals surface area (Å²) < 4.78 is 11.3. The Labute approximate surface area is 161 Å². The summed E-state index contributed by atoms with van der Waals surface area (Å²) in [5, 5.41) is 0. The molecule has 0 bridgehead atoms.